The second kappa shape index (κ2) is 8.31. The van der Waals surface area contributed by atoms with Gasteiger partial charge in [0.2, 0.25) is 15.9 Å². The highest BCUT2D eigenvalue weighted by Gasteiger charge is 2.31. The number of H-pyrrole nitrogens is 1. The number of sulfonamides is 1. The van der Waals surface area contributed by atoms with Gasteiger partial charge in [-0.05, 0) is 24.8 Å². The molecular formula is C21H26N4O4S. The fourth-order valence-electron chi connectivity index (χ4n) is 4.18. The van der Waals surface area contributed by atoms with Crippen LogP contribution in [0.4, 0.5) is 0 Å². The van der Waals surface area contributed by atoms with Crippen molar-refractivity contribution < 1.29 is 13.2 Å². The average Bonchev–Trinajstić information content (AvgIpc) is 3.22. The zero-order valence-electron chi connectivity index (χ0n) is 17.0. The Morgan fingerprint density at radius 2 is 2.00 bits per heavy atom. The SMILES string of the molecule is CS(=O)(=O)N1CCc2c(nc([C@H]3CCN(C(=O)CCc4ccccc4)C3)[nH]c2=O)C1. The maximum atomic E-state index is 12.6. The highest BCUT2D eigenvalue weighted by Crippen LogP contribution is 2.26. The lowest BCUT2D eigenvalue weighted by molar-refractivity contribution is -0.130. The Morgan fingerprint density at radius 1 is 1.23 bits per heavy atom. The van der Waals surface area contributed by atoms with Gasteiger partial charge in [0, 0.05) is 37.5 Å². The number of amides is 1. The molecule has 8 nitrogen and oxygen atoms in total. The van der Waals surface area contributed by atoms with Gasteiger partial charge in [0.15, 0.2) is 0 Å². The third-order valence-electron chi connectivity index (χ3n) is 5.92. The van der Waals surface area contributed by atoms with Crippen LogP contribution < -0.4 is 5.56 Å². The summed E-state index contributed by atoms with van der Waals surface area (Å²) in [7, 11) is -3.33. The third-order valence-corrected chi connectivity index (χ3v) is 7.17. The molecule has 0 bridgehead atoms. The molecule has 160 valence electrons. The van der Waals surface area contributed by atoms with E-state index in [4.69, 9.17) is 0 Å². The molecular weight excluding hydrogens is 404 g/mol. The first-order chi connectivity index (χ1) is 14.3. The molecule has 2 aromatic rings. The number of carbonyl (C=O) groups excluding carboxylic acids is 1. The Kier molecular flexibility index (Phi) is 5.75. The lowest BCUT2D eigenvalue weighted by Gasteiger charge is -2.26. The van der Waals surface area contributed by atoms with E-state index >= 15 is 0 Å². The number of nitrogens with zero attached hydrogens (tertiary/aromatic N) is 3. The van der Waals surface area contributed by atoms with Gasteiger partial charge in [-0.3, -0.25) is 9.59 Å². The molecule has 0 spiro atoms. The highest BCUT2D eigenvalue weighted by atomic mass is 32.2. The maximum absolute atomic E-state index is 12.6. The molecule has 0 saturated carbocycles. The monoisotopic (exact) mass is 430 g/mol. The number of fused-ring (bicyclic) bond motifs is 1. The van der Waals surface area contributed by atoms with Crippen LogP contribution in [0.3, 0.4) is 0 Å². The molecule has 1 saturated heterocycles. The molecule has 0 unspecified atom stereocenters. The molecule has 9 heteroatoms. The lowest BCUT2D eigenvalue weighted by atomic mass is 10.1. The van der Waals surface area contributed by atoms with Gasteiger partial charge >= 0.3 is 0 Å². The number of aromatic nitrogens is 2. The van der Waals surface area contributed by atoms with Crippen LogP contribution in [0.2, 0.25) is 0 Å². The van der Waals surface area contributed by atoms with E-state index in [1.54, 1.807) is 0 Å². The summed E-state index contributed by atoms with van der Waals surface area (Å²) in [5.41, 5.74) is 2.03. The van der Waals surface area contributed by atoms with E-state index in [1.807, 2.05) is 35.2 Å². The van der Waals surface area contributed by atoms with E-state index in [0.717, 1.165) is 12.0 Å². The Balaban J connectivity index is 1.43. The minimum Gasteiger partial charge on any atom is -0.342 e. The molecule has 1 aromatic carbocycles. The van der Waals surface area contributed by atoms with Crippen molar-refractivity contribution >= 4 is 15.9 Å². The van der Waals surface area contributed by atoms with Crippen molar-refractivity contribution in [1.82, 2.24) is 19.2 Å². The van der Waals surface area contributed by atoms with E-state index < -0.39 is 10.0 Å². The minimum atomic E-state index is -3.33. The first-order valence-corrected chi connectivity index (χ1v) is 12.0. The smallest absolute Gasteiger partial charge is 0.254 e. The zero-order valence-corrected chi connectivity index (χ0v) is 17.8. The van der Waals surface area contributed by atoms with Gasteiger partial charge in [0.1, 0.15) is 5.82 Å². The molecule has 3 heterocycles. The van der Waals surface area contributed by atoms with Crippen LogP contribution in [-0.2, 0) is 34.2 Å². The number of nitrogens with one attached hydrogen (secondary N) is 1. The van der Waals surface area contributed by atoms with Crippen molar-refractivity contribution in [2.75, 3.05) is 25.9 Å². The summed E-state index contributed by atoms with van der Waals surface area (Å²) in [6.45, 7) is 1.57. The second-order valence-corrected chi connectivity index (χ2v) is 10.0. The standard InChI is InChI=1S/C21H26N4O4S/c1-30(28,29)25-12-10-17-18(14-25)22-20(23-21(17)27)16-9-11-24(13-16)19(26)8-7-15-5-3-2-4-6-15/h2-6,16H,7-14H2,1H3,(H,22,23,27)/t16-/m0/s1. The summed E-state index contributed by atoms with van der Waals surface area (Å²) in [5.74, 6) is 0.606. The van der Waals surface area contributed by atoms with Crippen LogP contribution in [-0.4, -0.2) is 59.4 Å². The van der Waals surface area contributed by atoms with E-state index in [1.165, 1.54) is 10.6 Å². The number of likely N-dealkylation sites (tertiary alicyclic amines) is 1. The van der Waals surface area contributed by atoms with Crippen LogP contribution in [0.25, 0.3) is 0 Å². The van der Waals surface area contributed by atoms with Crippen LogP contribution >= 0.6 is 0 Å². The van der Waals surface area contributed by atoms with Crippen molar-refractivity contribution in [3.8, 4) is 0 Å². The molecule has 4 rings (SSSR count). The first kappa shape index (κ1) is 20.7. The van der Waals surface area contributed by atoms with Gasteiger partial charge in [0.05, 0.1) is 18.5 Å². The largest absolute Gasteiger partial charge is 0.342 e. The molecule has 1 fully saturated rings. The molecule has 2 aliphatic heterocycles. The molecule has 1 N–H and O–H groups in total. The minimum absolute atomic E-state index is 0.0442. The van der Waals surface area contributed by atoms with Gasteiger partial charge in [-0.25, -0.2) is 13.4 Å². The number of rotatable bonds is 5. The number of hydrogen-bond acceptors (Lipinski definition) is 5. The molecule has 1 amide bonds. The number of carbonyl (C=O) groups is 1. The van der Waals surface area contributed by atoms with Gasteiger partial charge < -0.3 is 9.88 Å². The number of aryl methyl sites for hydroxylation is 1. The Labute approximate surface area is 176 Å². The van der Waals surface area contributed by atoms with Crippen LogP contribution in [0, 0.1) is 0 Å². The maximum Gasteiger partial charge on any atom is 0.254 e. The Morgan fingerprint density at radius 3 is 2.73 bits per heavy atom. The van der Waals surface area contributed by atoms with Gasteiger partial charge in [-0.15, -0.1) is 0 Å². The topological polar surface area (TPSA) is 103 Å². The van der Waals surface area contributed by atoms with Crippen molar-refractivity contribution in [3.63, 3.8) is 0 Å². The quantitative estimate of drug-likeness (QED) is 0.763. The van der Waals surface area contributed by atoms with Crippen LogP contribution in [0.1, 0.15) is 41.4 Å². The fraction of sp³-hybridized carbons (Fsp3) is 0.476. The average molecular weight is 431 g/mol. The fourth-order valence-corrected chi connectivity index (χ4v) is 4.96. The molecule has 1 atom stereocenters. The summed E-state index contributed by atoms with van der Waals surface area (Å²) in [6.07, 6.45) is 3.42. The molecule has 2 aliphatic rings. The number of benzene rings is 1. The summed E-state index contributed by atoms with van der Waals surface area (Å²) in [6, 6.07) is 9.92. The van der Waals surface area contributed by atoms with Crippen molar-refractivity contribution in [3.05, 3.63) is 63.3 Å². The van der Waals surface area contributed by atoms with Crippen molar-refractivity contribution in [2.24, 2.45) is 0 Å². The predicted octanol–water partition coefficient (Wildman–Crippen LogP) is 1.04. The number of hydrogen-bond donors (Lipinski definition) is 1. The molecule has 0 radical (unpaired) electrons. The summed E-state index contributed by atoms with van der Waals surface area (Å²) in [4.78, 5) is 34.4. The van der Waals surface area contributed by atoms with Crippen LogP contribution in [0.5, 0.6) is 0 Å². The van der Waals surface area contributed by atoms with Gasteiger partial charge in [-0.2, -0.15) is 4.31 Å². The molecule has 30 heavy (non-hydrogen) atoms. The van der Waals surface area contributed by atoms with E-state index in [-0.39, 0.29) is 23.9 Å². The molecule has 1 aromatic heterocycles. The first-order valence-electron chi connectivity index (χ1n) is 10.2. The summed E-state index contributed by atoms with van der Waals surface area (Å²) < 4.78 is 25.1. The Hall–Kier alpha value is -2.52. The van der Waals surface area contributed by atoms with Gasteiger partial charge in [0.25, 0.3) is 5.56 Å². The summed E-state index contributed by atoms with van der Waals surface area (Å²) >= 11 is 0. The van der Waals surface area contributed by atoms with E-state index in [0.29, 0.717) is 56.0 Å². The molecule has 0 aliphatic carbocycles. The third kappa shape index (κ3) is 4.46. The van der Waals surface area contributed by atoms with Crippen molar-refractivity contribution in [2.45, 2.75) is 38.1 Å². The van der Waals surface area contributed by atoms with E-state index in [9.17, 15) is 18.0 Å². The van der Waals surface area contributed by atoms with Gasteiger partial charge in [-0.1, -0.05) is 30.3 Å². The van der Waals surface area contributed by atoms with E-state index in [2.05, 4.69) is 9.97 Å². The normalized spacial score (nSPS) is 19.6. The van der Waals surface area contributed by atoms with Crippen molar-refractivity contribution in [1.29, 1.82) is 0 Å². The lowest BCUT2D eigenvalue weighted by Crippen LogP contribution is -2.39. The highest BCUT2D eigenvalue weighted by molar-refractivity contribution is 7.88. The zero-order chi connectivity index (χ0) is 21.3. The number of aromatic amines is 1. The predicted molar refractivity (Wildman–Crippen MR) is 113 cm³/mol. The summed E-state index contributed by atoms with van der Waals surface area (Å²) in [5, 5.41) is 0. The second-order valence-electron chi connectivity index (χ2n) is 8.03. The van der Waals surface area contributed by atoms with Crippen LogP contribution in [0.15, 0.2) is 35.1 Å². The Bertz CT molecular complexity index is 1100.